The summed E-state index contributed by atoms with van der Waals surface area (Å²) in [5.41, 5.74) is 1.38. The first kappa shape index (κ1) is 19.6. The third-order valence-electron chi connectivity index (χ3n) is 5.97. The Hall–Kier alpha value is -2.67. The molecule has 3 heterocycles. The van der Waals surface area contributed by atoms with Crippen molar-refractivity contribution in [3.05, 3.63) is 51.2 Å². The molecule has 4 rings (SSSR count). The van der Waals surface area contributed by atoms with Gasteiger partial charge in [-0.05, 0) is 57.9 Å². The SMILES string of the molecule is Cc1cc([C@H](C)NC(=O)CN2C(=O)c3ccccc3N3C(=O)CC[C@]23C)c(C)s1. The second-order valence-corrected chi connectivity index (χ2v) is 9.47. The van der Waals surface area contributed by atoms with Gasteiger partial charge in [0.2, 0.25) is 11.8 Å². The maximum atomic E-state index is 13.2. The number of nitrogens with one attached hydrogen (secondary N) is 1. The molecule has 152 valence electrons. The first-order valence-corrected chi connectivity index (χ1v) is 10.6. The van der Waals surface area contributed by atoms with E-state index in [1.54, 1.807) is 39.3 Å². The highest BCUT2D eigenvalue weighted by Gasteiger charge is 2.53. The number of anilines is 1. The van der Waals surface area contributed by atoms with Gasteiger partial charge in [0, 0.05) is 16.2 Å². The number of hydrogen-bond acceptors (Lipinski definition) is 4. The number of benzene rings is 1. The van der Waals surface area contributed by atoms with Gasteiger partial charge in [-0.3, -0.25) is 19.3 Å². The lowest BCUT2D eigenvalue weighted by Gasteiger charge is -2.48. The Labute approximate surface area is 174 Å². The molecule has 29 heavy (non-hydrogen) atoms. The highest BCUT2D eigenvalue weighted by Crippen LogP contribution is 2.43. The third-order valence-corrected chi connectivity index (χ3v) is 6.95. The molecule has 3 amide bonds. The molecule has 0 radical (unpaired) electrons. The summed E-state index contributed by atoms with van der Waals surface area (Å²) < 4.78 is 0. The van der Waals surface area contributed by atoms with Crippen LogP contribution in [0.4, 0.5) is 5.69 Å². The van der Waals surface area contributed by atoms with Crippen molar-refractivity contribution in [1.82, 2.24) is 10.2 Å². The number of fused-ring (bicyclic) bond motifs is 3. The van der Waals surface area contributed by atoms with E-state index in [1.807, 2.05) is 33.8 Å². The van der Waals surface area contributed by atoms with Gasteiger partial charge in [-0.15, -0.1) is 11.3 Å². The van der Waals surface area contributed by atoms with Crippen LogP contribution in [-0.2, 0) is 9.59 Å². The summed E-state index contributed by atoms with van der Waals surface area (Å²) >= 11 is 1.71. The van der Waals surface area contributed by atoms with E-state index in [2.05, 4.69) is 11.4 Å². The Morgan fingerprint density at radius 2 is 2.00 bits per heavy atom. The van der Waals surface area contributed by atoms with Gasteiger partial charge in [-0.2, -0.15) is 0 Å². The average molecular weight is 412 g/mol. The normalized spacial score (nSPS) is 21.8. The molecular weight excluding hydrogens is 386 g/mol. The van der Waals surface area contributed by atoms with Crippen molar-refractivity contribution in [2.45, 2.75) is 52.2 Å². The molecule has 1 N–H and O–H groups in total. The Kier molecular flexibility index (Phi) is 4.73. The average Bonchev–Trinajstić information content (AvgIpc) is 3.17. The maximum Gasteiger partial charge on any atom is 0.258 e. The Morgan fingerprint density at radius 3 is 2.69 bits per heavy atom. The number of amides is 3. The molecule has 1 fully saturated rings. The minimum absolute atomic E-state index is 0.0180. The molecule has 0 saturated carbocycles. The van der Waals surface area contributed by atoms with Crippen LogP contribution in [0.25, 0.3) is 0 Å². The molecule has 2 aliphatic rings. The fourth-order valence-corrected chi connectivity index (χ4v) is 5.55. The zero-order valence-electron chi connectivity index (χ0n) is 17.1. The van der Waals surface area contributed by atoms with E-state index in [1.165, 1.54) is 9.75 Å². The van der Waals surface area contributed by atoms with E-state index in [9.17, 15) is 14.4 Å². The lowest BCUT2D eigenvalue weighted by atomic mass is 9.98. The van der Waals surface area contributed by atoms with Gasteiger partial charge < -0.3 is 10.2 Å². The molecular formula is C22H25N3O3S. The lowest BCUT2D eigenvalue weighted by molar-refractivity contribution is -0.124. The third kappa shape index (κ3) is 3.13. The van der Waals surface area contributed by atoms with Gasteiger partial charge in [0.15, 0.2) is 0 Å². The largest absolute Gasteiger partial charge is 0.348 e. The van der Waals surface area contributed by atoms with Gasteiger partial charge in [0.1, 0.15) is 12.2 Å². The minimum atomic E-state index is -0.821. The van der Waals surface area contributed by atoms with Gasteiger partial charge in [-0.1, -0.05) is 12.1 Å². The topological polar surface area (TPSA) is 69.7 Å². The van der Waals surface area contributed by atoms with Crippen molar-refractivity contribution < 1.29 is 14.4 Å². The fraction of sp³-hybridized carbons (Fsp3) is 0.409. The minimum Gasteiger partial charge on any atom is -0.348 e. The Bertz CT molecular complexity index is 1010. The van der Waals surface area contributed by atoms with Crippen LogP contribution in [-0.4, -0.2) is 34.8 Å². The molecule has 2 atom stereocenters. The predicted octanol–water partition coefficient (Wildman–Crippen LogP) is 3.54. The predicted molar refractivity (Wildman–Crippen MR) is 113 cm³/mol. The van der Waals surface area contributed by atoms with Crippen LogP contribution in [0.1, 0.15) is 58.4 Å². The van der Waals surface area contributed by atoms with E-state index >= 15 is 0 Å². The summed E-state index contributed by atoms with van der Waals surface area (Å²) in [5.74, 6) is -0.455. The monoisotopic (exact) mass is 411 g/mol. The number of carbonyl (C=O) groups excluding carboxylic acids is 3. The van der Waals surface area contributed by atoms with Crippen LogP contribution in [0.15, 0.2) is 30.3 Å². The zero-order chi connectivity index (χ0) is 20.9. The van der Waals surface area contributed by atoms with Gasteiger partial charge in [0.05, 0.1) is 17.3 Å². The molecule has 6 nitrogen and oxygen atoms in total. The quantitative estimate of drug-likeness (QED) is 0.837. The van der Waals surface area contributed by atoms with Crippen molar-refractivity contribution in [3.63, 3.8) is 0 Å². The van der Waals surface area contributed by atoms with Crippen LogP contribution in [0.2, 0.25) is 0 Å². The van der Waals surface area contributed by atoms with Crippen molar-refractivity contribution in [3.8, 4) is 0 Å². The lowest BCUT2D eigenvalue weighted by Crippen LogP contribution is -2.63. The number of rotatable bonds is 4. The molecule has 0 aliphatic carbocycles. The Balaban J connectivity index is 1.59. The Morgan fingerprint density at radius 1 is 1.28 bits per heavy atom. The molecule has 2 aromatic rings. The van der Waals surface area contributed by atoms with Crippen LogP contribution in [0.3, 0.4) is 0 Å². The van der Waals surface area contributed by atoms with Gasteiger partial charge in [0.25, 0.3) is 5.91 Å². The smallest absolute Gasteiger partial charge is 0.258 e. The number of carbonyl (C=O) groups is 3. The van der Waals surface area contributed by atoms with Crippen molar-refractivity contribution in [2.75, 3.05) is 11.4 Å². The fourth-order valence-electron chi connectivity index (χ4n) is 4.53. The summed E-state index contributed by atoms with van der Waals surface area (Å²) in [5, 5.41) is 3.02. The van der Waals surface area contributed by atoms with E-state index < -0.39 is 5.66 Å². The summed E-state index contributed by atoms with van der Waals surface area (Å²) in [4.78, 5) is 44.3. The summed E-state index contributed by atoms with van der Waals surface area (Å²) in [6.07, 6.45) is 0.873. The van der Waals surface area contributed by atoms with Gasteiger partial charge in [-0.25, -0.2) is 0 Å². The van der Waals surface area contributed by atoms with E-state index in [0.717, 1.165) is 5.56 Å². The molecule has 0 unspecified atom stereocenters. The number of aryl methyl sites for hydroxylation is 2. The number of hydrogen-bond donors (Lipinski definition) is 1. The van der Waals surface area contributed by atoms with Crippen molar-refractivity contribution in [2.24, 2.45) is 0 Å². The summed E-state index contributed by atoms with van der Waals surface area (Å²) in [7, 11) is 0. The highest BCUT2D eigenvalue weighted by molar-refractivity contribution is 7.12. The summed E-state index contributed by atoms with van der Waals surface area (Å²) in [6, 6.07) is 9.07. The van der Waals surface area contributed by atoms with E-state index in [-0.39, 0.29) is 30.3 Å². The number of para-hydroxylation sites is 1. The molecule has 1 saturated heterocycles. The number of nitrogens with zero attached hydrogens (tertiary/aromatic N) is 2. The number of thiophene rings is 1. The molecule has 0 spiro atoms. The van der Waals surface area contributed by atoms with Crippen LogP contribution in [0, 0.1) is 13.8 Å². The molecule has 2 aliphatic heterocycles. The first-order valence-electron chi connectivity index (χ1n) is 9.82. The molecule has 1 aromatic heterocycles. The van der Waals surface area contributed by atoms with E-state index in [4.69, 9.17) is 0 Å². The summed E-state index contributed by atoms with van der Waals surface area (Å²) in [6.45, 7) is 7.83. The van der Waals surface area contributed by atoms with Crippen molar-refractivity contribution >= 4 is 34.7 Å². The molecule has 7 heteroatoms. The van der Waals surface area contributed by atoms with Crippen LogP contribution in [0.5, 0.6) is 0 Å². The van der Waals surface area contributed by atoms with Crippen LogP contribution >= 0.6 is 11.3 Å². The zero-order valence-corrected chi connectivity index (χ0v) is 17.9. The molecule has 0 bridgehead atoms. The van der Waals surface area contributed by atoms with Crippen LogP contribution < -0.4 is 10.2 Å². The second-order valence-electron chi connectivity index (χ2n) is 8.01. The maximum absolute atomic E-state index is 13.2. The molecule has 1 aromatic carbocycles. The first-order chi connectivity index (χ1) is 13.7. The highest BCUT2D eigenvalue weighted by atomic mass is 32.1. The van der Waals surface area contributed by atoms with Crippen molar-refractivity contribution in [1.29, 1.82) is 0 Å². The van der Waals surface area contributed by atoms with E-state index in [0.29, 0.717) is 24.1 Å². The second kappa shape index (κ2) is 6.99. The van der Waals surface area contributed by atoms with Gasteiger partial charge >= 0.3 is 0 Å². The standard InChI is InChI=1S/C22H25N3O3S/c1-13-11-17(15(3)29-13)14(2)23-19(26)12-24-21(28)16-7-5-6-8-18(16)25-20(27)9-10-22(24,25)4/h5-8,11,14H,9-10,12H2,1-4H3,(H,23,26)/t14-,22+/m0/s1.